The van der Waals surface area contributed by atoms with Gasteiger partial charge < -0.3 is 10.2 Å². The van der Waals surface area contributed by atoms with Crippen molar-refractivity contribution in [1.82, 2.24) is 0 Å². The fourth-order valence-electron chi connectivity index (χ4n) is 2.18. The normalized spacial score (nSPS) is 14.1. The zero-order chi connectivity index (χ0) is 13.7. The van der Waals surface area contributed by atoms with E-state index in [-0.39, 0.29) is 0 Å². The summed E-state index contributed by atoms with van der Waals surface area (Å²) in [7, 11) is 0. The van der Waals surface area contributed by atoms with Gasteiger partial charge in [-0.05, 0) is 11.1 Å². The van der Waals surface area contributed by atoms with E-state index in [0.717, 1.165) is 11.1 Å². The van der Waals surface area contributed by atoms with Crippen molar-refractivity contribution < 1.29 is 10.2 Å². The molecule has 0 aliphatic rings. The lowest BCUT2D eigenvalue weighted by atomic mass is 9.87. The molecule has 2 rings (SSSR count). The van der Waals surface area contributed by atoms with Crippen LogP contribution in [0.4, 0.5) is 0 Å². The molecule has 0 amide bonds. The second-order valence-corrected chi connectivity index (χ2v) is 4.52. The predicted octanol–water partition coefficient (Wildman–Crippen LogP) is 3.26. The summed E-state index contributed by atoms with van der Waals surface area (Å²) in [5.74, 6) is -0.440. The van der Waals surface area contributed by atoms with Crippen LogP contribution in [-0.2, 0) is 0 Å². The van der Waals surface area contributed by atoms with Crippen LogP contribution in [-0.4, -0.2) is 10.2 Å². The Morgan fingerprint density at radius 2 is 1.11 bits per heavy atom. The third kappa shape index (κ3) is 3.11. The van der Waals surface area contributed by atoms with Gasteiger partial charge >= 0.3 is 0 Å². The van der Waals surface area contributed by atoms with E-state index in [4.69, 9.17) is 0 Å². The maximum Gasteiger partial charge on any atom is 0.0880 e. The molecule has 2 aromatic rings. The maximum absolute atomic E-state index is 10.4. The summed E-state index contributed by atoms with van der Waals surface area (Å²) in [5.41, 5.74) is 1.56. The Labute approximate surface area is 113 Å². The molecule has 0 fully saturated rings. The smallest absolute Gasteiger partial charge is 0.0880 e. The van der Waals surface area contributed by atoms with Gasteiger partial charge in [0.2, 0.25) is 0 Å². The van der Waals surface area contributed by atoms with Crippen molar-refractivity contribution in [3.05, 3.63) is 84.4 Å². The molecule has 0 spiro atoms. The molecule has 2 nitrogen and oxygen atoms in total. The average molecular weight is 254 g/mol. The summed E-state index contributed by atoms with van der Waals surface area (Å²) in [4.78, 5) is 0. The molecule has 2 aromatic carbocycles. The number of hydrogen-bond acceptors (Lipinski definition) is 2. The van der Waals surface area contributed by atoms with E-state index < -0.39 is 18.1 Å². The van der Waals surface area contributed by atoms with Gasteiger partial charge in [0.15, 0.2) is 0 Å². The lowest BCUT2D eigenvalue weighted by molar-refractivity contribution is 0.0353. The second kappa shape index (κ2) is 6.32. The maximum atomic E-state index is 10.4. The summed E-state index contributed by atoms with van der Waals surface area (Å²) in [6.07, 6.45) is 0.0674. The van der Waals surface area contributed by atoms with E-state index in [1.807, 2.05) is 60.7 Å². The monoisotopic (exact) mass is 254 g/mol. The Balaban J connectivity index is 2.23. The minimum atomic E-state index is -0.770. The van der Waals surface area contributed by atoms with Crippen LogP contribution in [0.25, 0.3) is 0 Å². The number of rotatable bonds is 5. The molecule has 0 aromatic heterocycles. The van der Waals surface area contributed by atoms with Crippen LogP contribution < -0.4 is 0 Å². The summed E-state index contributed by atoms with van der Waals surface area (Å²) >= 11 is 0. The van der Waals surface area contributed by atoms with Gasteiger partial charge in [-0.15, -0.1) is 6.58 Å². The van der Waals surface area contributed by atoms with Crippen LogP contribution >= 0.6 is 0 Å². The Morgan fingerprint density at radius 1 is 0.737 bits per heavy atom. The fourth-order valence-corrected chi connectivity index (χ4v) is 2.18. The standard InChI is InChI=1S/C17H18O2/c1-2-15(16(18)13-9-5-3-6-10-13)17(19)14-11-7-4-8-12-14/h2-12,15-19H,1H2/t16-,17-/m1/s1. The van der Waals surface area contributed by atoms with Crippen molar-refractivity contribution >= 4 is 0 Å². The van der Waals surface area contributed by atoms with Crippen LogP contribution in [0.1, 0.15) is 23.3 Å². The Kier molecular flexibility index (Phi) is 4.50. The molecule has 0 aliphatic carbocycles. The zero-order valence-electron chi connectivity index (χ0n) is 10.7. The summed E-state index contributed by atoms with van der Waals surface area (Å²) in [6, 6.07) is 18.7. The van der Waals surface area contributed by atoms with Gasteiger partial charge in [-0.2, -0.15) is 0 Å². The molecule has 0 saturated heterocycles. The largest absolute Gasteiger partial charge is 0.388 e. The quantitative estimate of drug-likeness (QED) is 0.804. The molecule has 0 saturated carbocycles. The number of aliphatic hydroxyl groups is 2. The van der Waals surface area contributed by atoms with Crippen molar-refractivity contribution in [1.29, 1.82) is 0 Å². The SMILES string of the molecule is C=CC([C@H](O)c1ccccc1)[C@H](O)c1ccccc1. The van der Waals surface area contributed by atoms with Crippen molar-refractivity contribution in [2.45, 2.75) is 12.2 Å². The van der Waals surface area contributed by atoms with Crippen LogP contribution in [0.15, 0.2) is 73.3 Å². The highest BCUT2D eigenvalue weighted by Crippen LogP contribution is 2.33. The lowest BCUT2D eigenvalue weighted by Crippen LogP contribution is -2.18. The number of hydrogen-bond donors (Lipinski definition) is 2. The van der Waals surface area contributed by atoms with Crippen LogP contribution in [0.5, 0.6) is 0 Å². The predicted molar refractivity (Wildman–Crippen MR) is 76.5 cm³/mol. The second-order valence-electron chi connectivity index (χ2n) is 4.52. The van der Waals surface area contributed by atoms with Gasteiger partial charge in [0.05, 0.1) is 12.2 Å². The highest BCUT2D eigenvalue weighted by atomic mass is 16.3. The van der Waals surface area contributed by atoms with Gasteiger partial charge in [-0.25, -0.2) is 0 Å². The minimum absolute atomic E-state index is 0.440. The van der Waals surface area contributed by atoms with Crippen LogP contribution in [0.3, 0.4) is 0 Å². The van der Waals surface area contributed by atoms with Crippen LogP contribution in [0, 0.1) is 5.92 Å². The number of aliphatic hydroxyl groups excluding tert-OH is 2. The van der Waals surface area contributed by atoms with Gasteiger partial charge in [-0.1, -0.05) is 66.7 Å². The molecule has 0 radical (unpaired) electrons. The van der Waals surface area contributed by atoms with Gasteiger partial charge in [0.1, 0.15) is 0 Å². The Bertz CT molecular complexity index is 462. The Hall–Kier alpha value is -1.90. The van der Waals surface area contributed by atoms with Crippen molar-refractivity contribution in [3.8, 4) is 0 Å². The molecule has 0 heterocycles. The third-order valence-electron chi connectivity index (χ3n) is 3.28. The van der Waals surface area contributed by atoms with E-state index in [9.17, 15) is 10.2 Å². The highest BCUT2D eigenvalue weighted by molar-refractivity contribution is 5.24. The molecule has 98 valence electrons. The molecular weight excluding hydrogens is 236 g/mol. The van der Waals surface area contributed by atoms with E-state index in [1.54, 1.807) is 6.08 Å². The van der Waals surface area contributed by atoms with E-state index in [1.165, 1.54) is 0 Å². The molecule has 0 aliphatic heterocycles. The van der Waals surface area contributed by atoms with Gasteiger partial charge in [0.25, 0.3) is 0 Å². The molecule has 0 bridgehead atoms. The molecule has 2 heteroatoms. The first kappa shape index (κ1) is 13.5. The first-order valence-corrected chi connectivity index (χ1v) is 6.32. The van der Waals surface area contributed by atoms with E-state index in [0.29, 0.717) is 0 Å². The minimum Gasteiger partial charge on any atom is -0.388 e. The molecule has 2 atom stereocenters. The molecule has 19 heavy (non-hydrogen) atoms. The number of benzene rings is 2. The Morgan fingerprint density at radius 3 is 1.42 bits per heavy atom. The molecule has 2 N–H and O–H groups in total. The summed E-state index contributed by atoms with van der Waals surface area (Å²) < 4.78 is 0. The van der Waals surface area contributed by atoms with Gasteiger partial charge in [0, 0.05) is 5.92 Å². The third-order valence-corrected chi connectivity index (χ3v) is 3.28. The van der Waals surface area contributed by atoms with Crippen LogP contribution in [0.2, 0.25) is 0 Å². The first-order chi connectivity index (χ1) is 9.24. The zero-order valence-corrected chi connectivity index (χ0v) is 10.7. The summed E-state index contributed by atoms with van der Waals surface area (Å²) in [6.45, 7) is 3.73. The first-order valence-electron chi connectivity index (χ1n) is 6.32. The topological polar surface area (TPSA) is 40.5 Å². The van der Waals surface area contributed by atoms with Gasteiger partial charge in [-0.3, -0.25) is 0 Å². The fraction of sp³-hybridized carbons (Fsp3) is 0.176. The average Bonchev–Trinajstić information content (AvgIpc) is 2.49. The van der Waals surface area contributed by atoms with E-state index in [2.05, 4.69) is 6.58 Å². The van der Waals surface area contributed by atoms with Crippen molar-refractivity contribution in [2.75, 3.05) is 0 Å². The summed E-state index contributed by atoms with van der Waals surface area (Å²) in [5, 5.41) is 20.8. The van der Waals surface area contributed by atoms with E-state index >= 15 is 0 Å². The lowest BCUT2D eigenvalue weighted by Gasteiger charge is -2.25. The van der Waals surface area contributed by atoms with Crippen molar-refractivity contribution in [3.63, 3.8) is 0 Å². The molecular formula is C17H18O2. The molecule has 0 unspecified atom stereocenters. The van der Waals surface area contributed by atoms with Crippen molar-refractivity contribution in [2.24, 2.45) is 5.92 Å². The highest BCUT2D eigenvalue weighted by Gasteiger charge is 2.26.